The van der Waals surface area contributed by atoms with Gasteiger partial charge in [-0.3, -0.25) is 0 Å². The molecule has 0 aromatic heterocycles. The van der Waals surface area contributed by atoms with Gasteiger partial charge in [0.25, 0.3) is 0 Å². The molecule has 1 unspecified atom stereocenters. The molecule has 0 spiro atoms. The molecule has 3 nitrogen and oxygen atoms in total. The number of nitrogens with zero attached hydrogens (tertiary/aromatic N) is 1. The fraction of sp³-hybridized carbons (Fsp3) is 0.308. The third-order valence-corrected chi connectivity index (χ3v) is 8.84. The summed E-state index contributed by atoms with van der Waals surface area (Å²) < 4.78 is 28.9. The lowest BCUT2D eigenvalue weighted by atomic mass is 10.1. The molecular formula is C26H29NO2S2. The van der Waals surface area contributed by atoms with E-state index in [0.717, 1.165) is 50.6 Å². The first kappa shape index (κ1) is 22.1. The quantitative estimate of drug-likeness (QED) is 0.388. The number of rotatable bonds is 8. The molecule has 1 heterocycles. The summed E-state index contributed by atoms with van der Waals surface area (Å²) in [6, 6.07) is 24.0. The Hall–Kier alpha value is -2.08. The molecule has 1 aliphatic rings. The highest BCUT2D eigenvalue weighted by atomic mass is 32.2. The molecule has 1 aliphatic heterocycles. The van der Waals surface area contributed by atoms with Gasteiger partial charge in [-0.05, 0) is 56.2 Å². The highest BCUT2D eigenvalue weighted by Gasteiger charge is 2.52. The van der Waals surface area contributed by atoms with Crippen molar-refractivity contribution in [3.63, 3.8) is 0 Å². The van der Waals surface area contributed by atoms with E-state index in [1.54, 1.807) is 0 Å². The molecule has 0 saturated carbocycles. The number of benzene rings is 3. The van der Waals surface area contributed by atoms with Gasteiger partial charge in [0.15, 0.2) is 0 Å². The molecule has 3 aromatic carbocycles. The second kappa shape index (κ2) is 9.60. The highest BCUT2D eigenvalue weighted by Crippen LogP contribution is 2.50. The van der Waals surface area contributed by atoms with Crippen LogP contribution >= 0.6 is 0 Å². The fourth-order valence-corrected chi connectivity index (χ4v) is 6.71. The minimum absolute atomic E-state index is 0.0271. The molecule has 0 bridgehead atoms. The Balaban J connectivity index is 1.67. The number of hydrogen-bond acceptors (Lipinski definition) is 2. The summed E-state index contributed by atoms with van der Waals surface area (Å²) in [5.74, 6) is 0. The van der Waals surface area contributed by atoms with E-state index in [0.29, 0.717) is 0 Å². The monoisotopic (exact) mass is 451 g/mol. The molecule has 162 valence electrons. The van der Waals surface area contributed by atoms with Crippen molar-refractivity contribution in [2.45, 2.75) is 66.8 Å². The standard InChI is InChI=1S/C26H29NO2S2/c1-4-5-9-24-26(27(24)31(29)22-17-13-20(3)14-18-22)23-8-6-7-10-25(23)30(28)21-15-11-19(2)12-16-21/h6-8,10-18,24,26H,4-5,9H2,1-3H3/t24-,26-,27?,30-,31+/m0/s1. The van der Waals surface area contributed by atoms with Gasteiger partial charge in [-0.1, -0.05) is 73.4 Å². The molecule has 5 heteroatoms. The van der Waals surface area contributed by atoms with E-state index in [2.05, 4.69) is 17.3 Å². The Morgan fingerprint density at radius 1 is 0.806 bits per heavy atom. The first-order valence-corrected chi connectivity index (χ1v) is 13.1. The molecule has 31 heavy (non-hydrogen) atoms. The lowest BCUT2D eigenvalue weighted by Crippen LogP contribution is -2.08. The maximum atomic E-state index is 13.4. The van der Waals surface area contributed by atoms with Crippen LogP contribution in [0.25, 0.3) is 0 Å². The molecule has 4 rings (SSSR count). The van der Waals surface area contributed by atoms with Crippen molar-refractivity contribution in [3.05, 3.63) is 89.5 Å². The van der Waals surface area contributed by atoms with Crippen molar-refractivity contribution in [3.8, 4) is 0 Å². The number of unbranched alkanes of at least 4 members (excludes halogenated alkanes) is 1. The average molecular weight is 452 g/mol. The van der Waals surface area contributed by atoms with Crippen LogP contribution in [0.4, 0.5) is 0 Å². The first-order chi connectivity index (χ1) is 15.0. The third-order valence-electron chi connectivity index (χ3n) is 5.82. The van der Waals surface area contributed by atoms with E-state index in [4.69, 9.17) is 0 Å². The van der Waals surface area contributed by atoms with E-state index >= 15 is 0 Å². The van der Waals surface area contributed by atoms with Crippen LogP contribution in [0.1, 0.15) is 48.9 Å². The number of hydrogen-bond donors (Lipinski definition) is 0. The van der Waals surface area contributed by atoms with Crippen LogP contribution in [0.5, 0.6) is 0 Å². The lowest BCUT2D eigenvalue weighted by molar-refractivity contribution is 0.613. The van der Waals surface area contributed by atoms with E-state index in [1.807, 2.05) is 80.6 Å². The molecule has 0 aliphatic carbocycles. The van der Waals surface area contributed by atoms with Crippen molar-refractivity contribution in [2.24, 2.45) is 0 Å². The zero-order valence-corrected chi connectivity index (χ0v) is 19.9. The van der Waals surface area contributed by atoms with Crippen molar-refractivity contribution in [2.75, 3.05) is 0 Å². The Labute approximate surface area is 190 Å². The lowest BCUT2D eigenvalue weighted by Gasteiger charge is -2.10. The van der Waals surface area contributed by atoms with Crippen molar-refractivity contribution >= 4 is 21.8 Å². The van der Waals surface area contributed by atoms with Crippen LogP contribution in [-0.2, 0) is 21.8 Å². The predicted octanol–water partition coefficient (Wildman–Crippen LogP) is 6.11. The molecule has 1 saturated heterocycles. The van der Waals surface area contributed by atoms with E-state index in [-0.39, 0.29) is 12.1 Å². The SMILES string of the molecule is CCCC[C@H]1[C@H](c2ccccc2[S@@](=O)c2ccc(C)cc2)N1[S@](=O)c1ccc(C)cc1. The Bertz CT molecular complexity index is 1090. The second-order valence-electron chi connectivity index (χ2n) is 8.20. The van der Waals surface area contributed by atoms with E-state index < -0.39 is 21.8 Å². The molecule has 5 atom stereocenters. The average Bonchev–Trinajstić information content (AvgIpc) is 3.51. The maximum Gasteiger partial charge on any atom is 0.128 e. The normalized spacial score (nSPS) is 22.1. The summed E-state index contributed by atoms with van der Waals surface area (Å²) >= 11 is 0. The largest absolute Gasteiger partial charge is 0.249 e. The summed E-state index contributed by atoms with van der Waals surface area (Å²) in [5, 5.41) is 0. The Morgan fingerprint density at radius 3 is 2.00 bits per heavy atom. The Kier molecular flexibility index (Phi) is 6.85. The van der Waals surface area contributed by atoms with Gasteiger partial charge in [-0.2, -0.15) is 0 Å². The topological polar surface area (TPSA) is 37.1 Å². The van der Waals surface area contributed by atoms with E-state index in [9.17, 15) is 8.42 Å². The van der Waals surface area contributed by atoms with Gasteiger partial charge >= 0.3 is 0 Å². The van der Waals surface area contributed by atoms with Gasteiger partial charge in [0.05, 0.1) is 21.7 Å². The third kappa shape index (κ3) is 4.74. The zero-order valence-electron chi connectivity index (χ0n) is 18.3. The van der Waals surface area contributed by atoms with Gasteiger partial charge < -0.3 is 0 Å². The molecule has 3 aromatic rings. The van der Waals surface area contributed by atoms with Crippen LogP contribution in [0.15, 0.2) is 87.5 Å². The number of aryl methyl sites for hydroxylation is 2. The van der Waals surface area contributed by atoms with Gasteiger partial charge in [-0.15, -0.1) is 0 Å². The zero-order chi connectivity index (χ0) is 22.0. The maximum absolute atomic E-state index is 13.4. The molecule has 1 fully saturated rings. The minimum Gasteiger partial charge on any atom is -0.249 e. The highest BCUT2D eigenvalue weighted by molar-refractivity contribution is 7.85. The fourth-order valence-electron chi connectivity index (χ4n) is 3.99. The van der Waals surface area contributed by atoms with Crippen LogP contribution in [0.3, 0.4) is 0 Å². The van der Waals surface area contributed by atoms with Gasteiger partial charge in [0.2, 0.25) is 0 Å². The van der Waals surface area contributed by atoms with Crippen LogP contribution in [0, 0.1) is 13.8 Å². The van der Waals surface area contributed by atoms with Crippen molar-refractivity contribution in [1.29, 1.82) is 0 Å². The smallest absolute Gasteiger partial charge is 0.128 e. The molecule has 0 amide bonds. The van der Waals surface area contributed by atoms with Gasteiger partial charge in [0, 0.05) is 15.8 Å². The molecule has 0 radical (unpaired) electrons. The van der Waals surface area contributed by atoms with Crippen LogP contribution < -0.4 is 0 Å². The van der Waals surface area contributed by atoms with Crippen molar-refractivity contribution in [1.82, 2.24) is 4.31 Å². The summed E-state index contributed by atoms with van der Waals surface area (Å²) in [6.07, 6.45) is 3.18. The van der Waals surface area contributed by atoms with E-state index in [1.165, 1.54) is 0 Å². The molecular weight excluding hydrogens is 422 g/mol. The Morgan fingerprint density at radius 2 is 1.39 bits per heavy atom. The predicted molar refractivity (Wildman–Crippen MR) is 128 cm³/mol. The summed E-state index contributed by atoms with van der Waals surface area (Å²) in [5.41, 5.74) is 3.34. The van der Waals surface area contributed by atoms with Gasteiger partial charge in [-0.25, -0.2) is 12.7 Å². The summed E-state index contributed by atoms with van der Waals surface area (Å²) in [6.45, 7) is 6.24. The minimum atomic E-state index is -1.27. The summed E-state index contributed by atoms with van der Waals surface area (Å²) in [7, 11) is -2.50. The summed E-state index contributed by atoms with van der Waals surface area (Å²) in [4.78, 5) is 2.45. The molecule has 0 N–H and O–H groups in total. The van der Waals surface area contributed by atoms with Crippen LogP contribution in [-0.4, -0.2) is 18.8 Å². The second-order valence-corrected chi connectivity index (χ2v) is 11.0. The first-order valence-electron chi connectivity index (χ1n) is 10.9. The van der Waals surface area contributed by atoms with Crippen LogP contribution in [0.2, 0.25) is 0 Å². The van der Waals surface area contributed by atoms with Gasteiger partial charge in [0.1, 0.15) is 11.0 Å². The van der Waals surface area contributed by atoms with Crippen molar-refractivity contribution < 1.29 is 8.42 Å².